The topological polar surface area (TPSA) is 75.6 Å². The normalized spacial score (nSPS) is 15.8. The monoisotopic (exact) mass is 259 g/mol. The van der Waals surface area contributed by atoms with E-state index >= 15 is 0 Å². The van der Waals surface area contributed by atoms with E-state index in [1.807, 2.05) is 13.8 Å². The lowest BCUT2D eigenvalue weighted by Gasteiger charge is -2.23. The summed E-state index contributed by atoms with van der Waals surface area (Å²) in [6.45, 7) is 6.15. The minimum absolute atomic E-state index is 0.0335. The number of rotatable bonds is 9. The van der Waals surface area contributed by atoms with E-state index in [9.17, 15) is 9.59 Å². The molecule has 0 bridgehead atoms. The van der Waals surface area contributed by atoms with Crippen molar-refractivity contribution in [2.75, 3.05) is 13.7 Å². The summed E-state index contributed by atoms with van der Waals surface area (Å²) in [6.07, 6.45) is 2.39. The van der Waals surface area contributed by atoms with Gasteiger partial charge in [-0.25, -0.2) is 0 Å². The molecule has 0 aliphatic heterocycles. The SMILES string of the molecule is CCCC(CN[C@@H](CC)C(=O)OC)[C@@H](C)C(=O)O. The average Bonchev–Trinajstić information content (AvgIpc) is 2.36. The summed E-state index contributed by atoms with van der Waals surface area (Å²) >= 11 is 0. The molecule has 0 aliphatic carbocycles. The Labute approximate surface area is 109 Å². The van der Waals surface area contributed by atoms with Crippen LogP contribution < -0.4 is 5.32 Å². The van der Waals surface area contributed by atoms with Crippen LogP contribution in [-0.4, -0.2) is 36.7 Å². The number of carbonyl (C=O) groups is 2. The molecule has 0 rings (SSSR count). The van der Waals surface area contributed by atoms with Crippen LogP contribution in [0.15, 0.2) is 0 Å². The third kappa shape index (κ3) is 5.49. The molecule has 1 unspecified atom stereocenters. The van der Waals surface area contributed by atoms with Crippen molar-refractivity contribution < 1.29 is 19.4 Å². The number of nitrogens with one attached hydrogen (secondary N) is 1. The molecule has 0 aromatic carbocycles. The molecule has 0 amide bonds. The summed E-state index contributed by atoms with van der Waals surface area (Å²) < 4.78 is 4.69. The maximum absolute atomic E-state index is 11.4. The van der Waals surface area contributed by atoms with Gasteiger partial charge in [0.25, 0.3) is 0 Å². The van der Waals surface area contributed by atoms with Gasteiger partial charge in [0.05, 0.1) is 13.0 Å². The molecule has 0 saturated heterocycles. The first-order valence-corrected chi connectivity index (χ1v) is 6.51. The highest BCUT2D eigenvalue weighted by Gasteiger charge is 2.25. The number of esters is 1. The van der Waals surface area contributed by atoms with Gasteiger partial charge in [0, 0.05) is 0 Å². The quantitative estimate of drug-likeness (QED) is 0.616. The Hall–Kier alpha value is -1.10. The van der Waals surface area contributed by atoms with Gasteiger partial charge in [-0.2, -0.15) is 0 Å². The fraction of sp³-hybridized carbons (Fsp3) is 0.846. The van der Waals surface area contributed by atoms with Gasteiger partial charge in [0.1, 0.15) is 6.04 Å². The molecule has 0 aliphatic rings. The van der Waals surface area contributed by atoms with Crippen molar-refractivity contribution >= 4 is 11.9 Å². The molecular weight excluding hydrogens is 234 g/mol. The zero-order valence-corrected chi connectivity index (χ0v) is 11.7. The van der Waals surface area contributed by atoms with Crippen LogP contribution in [0, 0.1) is 11.8 Å². The van der Waals surface area contributed by atoms with Crippen molar-refractivity contribution in [1.82, 2.24) is 5.32 Å². The predicted molar refractivity (Wildman–Crippen MR) is 69.3 cm³/mol. The first-order chi connectivity index (χ1) is 8.47. The molecule has 0 heterocycles. The fourth-order valence-corrected chi connectivity index (χ4v) is 1.93. The molecule has 5 heteroatoms. The van der Waals surface area contributed by atoms with E-state index in [4.69, 9.17) is 5.11 Å². The van der Waals surface area contributed by atoms with E-state index in [-0.39, 0.29) is 17.9 Å². The summed E-state index contributed by atoms with van der Waals surface area (Å²) in [4.78, 5) is 22.4. The molecule has 5 nitrogen and oxygen atoms in total. The van der Waals surface area contributed by atoms with E-state index in [1.54, 1.807) is 6.92 Å². The van der Waals surface area contributed by atoms with Crippen molar-refractivity contribution in [3.8, 4) is 0 Å². The minimum atomic E-state index is -0.790. The van der Waals surface area contributed by atoms with Gasteiger partial charge in [-0.05, 0) is 25.3 Å². The molecule has 0 spiro atoms. The van der Waals surface area contributed by atoms with Crippen LogP contribution >= 0.6 is 0 Å². The molecule has 106 valence electrons. The highest BCUT2D eigenvalue weighted by molar-refractivity contribution is 5.75. The Bertz CT molecular complexity index is 268. The van der Waals surface area contributed by atoms with Crippen molar-refractivity contribution in [3.63, 3.8) is 0 Å². The summed E-state index contributed by atoms with van der Waals surface area (Å²) in [5.74, 6) is -1.46. The number of aliphatic carboxylic acids is 1. The maximum atomic E-state index is 11.4. The number of carbonyl (C=O) groups excluding carboxylic acids is 1. The maximum Gasteiger partial charge on any atom is 0.322 e. The van der Waals surface area contributed by atoms with Crippen LogP contribution in [0.2, 0.25) is 0 Å². The highest BCUT2D eigenvalue weighted by atomic mass is 16.5. The van der Waals surface area contributed by atoms with Crippen molar-refractivity contribution in [3.05, 3.63) is 0 Å². The van der Waals surface area contributed by atoms with E-state index in [2.05, 4.69) is 10.1 Å². The molecular formula is C13H25NO4. The summed E-state index contributed by atoms with van der Waals surface area (Å²) in [5, 5.41) is 12.1. The second-order valence-corrected chi connectivity index (χ2v) is 4.57. The second kappa shape index (κ2) is 8.91. The van der Waals surface area contributed by atoms with Crippen LogP contribution in [0.5, 0.6) is 0 Å². The average molecular weight is 259 g/mol. The smallest absolute Gasteiger partial charge is 0.322 e. The van der Waals surface area contributed by atoms with E-state index < -0.39 is 11.9 Å². The van der Waals surface area contributed by atoms with Gasteiger partial charge >= 0.3 is 11.9 Å². The molecule has 0 fully saturated rings. The standard InChI is InChI=1S/C13H25NO4/c1-5-7-10(9(3)12(15)16)8-14-11(6-2)13(17)18-4/h9-11,14H,5-8H2,1-4H3,(H,15,16)/t9-,10?,11+/m1/s1. The summed E-state index contributed by atoms with van der Waals surface area (Å²) in [5.41, 5.74) is 0. The highest BCUT2D eigenvalue weighted by Crippen LogP contribution is 2.17. The van der Waals surface area contributed by atoms with Crippen LogP contribution in [0.4, 0.5) is 0 Å². The van der Waals surface area contributed by atoms with Gasteiger partial charge < -0.3 is 15.2 Å². The number of carboxylic acids is 1. The Kier molecular flexibility index (Phi) is 8.37. The Morgan fingerprint density at radius 1 is 1.33 bits per heavy atom. The zero-order chi connectivity index (χ0) is 14.1. The fourth-order valence-electron chi connectivity index (χ4n) is 1.93. The first kappa shape index (κ1) is 16.9. The molecule has 0 radical (unpaired) electrons. The van der Waals surface area contributed by atoms with E-state index in [0.717, 1.165) is 12.8 Å². The summed E-state index contributed by atoms with van der Waals surface area (Å²) in [6, 6.07) is -0.352. The Morgan fingerprint density at radius 3 is 2.33 bits per heavy atom. The van der Waals surface area contributed by atoms with Crippen molar-refractivity contribution in [2.24, 2.45) is 11.8 Å². The van der Waals surface area contributed by atoms with Crippen LogP contribution in [0.3, 0.4) is 0 Å². The lowest BCUT2D eigenvalue weighted by molar-refractivity contribution is -0.143. The predicted octanol–water partition coefficient (Wildman–Crippen LogP) is 1.66. The number of ether oxygens (including phenoxy) is 1. The largest absolute Gasteiger partial charge is 0.481 e. The van der Waals surface area contributed by atoms with Gasteiger partial charge in [-0.3, -0.25) is 9.59 Å². The third-order valence-corrected chi connectivity index (χ3v) is 3.28. The van der Waals surface area contributed by atoms with Gasteiger partial charge in [0.2, 0.25) is 0 Å². The minimum Gasteiger partial charge on any atom is -0.481 e. The Morgan fingerprint density at radius 2 is 1.94 bits per heavy atom. The van der Waals surface area contributed by atoms with Crippen molar-refractivity contribution in [2.45, 2.75) is 46.1 Å². The molecule has 0 aromatic rings. The summed E-state index contributed by atoms with van der Waals surface area (Å²) in [7, 11) is 1.36. The van der Waals surface area contributed by atoms with Crippen LogP contribution in [-0.2, 0) is 14.3 Å². The van der Waals surface area contributed by atoms with Gasteiger partial charge in [-0.1, -0.05) is 27.2 Å². The molecule has 2 N–H and O–H groups in total. The second-order valence-electron chi connectivity index (χ2n) is 4.57. The lowest BCUT2D eigenvalue weighted by Crippen LogP contribution is -2.41. The molecule has 18 heavy (non-hydrogen) atoms. The number of hydrogen-bond acceptors (Lipinski definition) is 4. The number of hydrogen-bond donors (Lipinski definition) is 2. The number of methoxy groups -OCH3 is 1. The molecule has 3 atom stereocenters. The van der Waals surface area contributed by atoms with Crippen molar-refractivity contribution in [1.29, 1.82) is 0 Å². The van der Waals surface area contributed by atoms with E-state index in [1.165, 1.54) is 7.11 Å². The number of carboxylic acid groups (broad SMARTS) is 1. The van der Waals surface area contributed by atoms with Gasteiger partial charge in [-0.15, -0.1) is 0 Å². The van der Waals surface area contributed by atoms with Crippen LogP contribution in [0.25, 0.3) is 0 Å². The van der Waals surface area contributed by atoms with Crippen LogP contribution in [0.1, 0.15) is 40.0 Å². The third-order valence-electron chi connectivity index (χ3n) is 3.28. The van der Waals surface area contributed by atoms with E-state index in [0.29, 0.717) is 13.0 Å². The lowest BCUT2D eigenvalue weighted by atomic mass is 9.89. The zero-order valence-electron chi connectivity index (χ0n) is 11.7. The Balaban J connectivity index is 4.41. The van der Waals surface area contributed by atoms with Gasteiger partial charge in [0.15, 0.2) is 0 Å². The molecule has 0 aromatic heterocycles. The molecule has 0 saturated carbocycles. The first-order valence-electron chi connectivity index (χ1n) is 6.51.